The van der Waals surface area contributed by atoms with E-state index in [0.717, 1.165) is 32.1 Å². The van der Waals surface area contributed by atoms with Crippen LogP contribution in [0.3, 0.4) is 0 Å². The molecule has 0 heterocycles. The predicted molar refractivity (Wildman–Crippen MR) is 61.2 cm³/mol. The molecule has 1 nitrogen and oxygen atoms in total. The fourth-order valence-electron chi connectivity index (χ4n) is 1.91. The monoisotopic (exact) mass is 194 g/mol. The van der Waals surface area contributed by atoms with E-state index in [1.165, 1.54) is 11.1 Å². The van der Waals surface area contributed by atoms with E-state index in [0.29, 0.717) is 0 Å². The average Bonchev–Trinajstić information content (AvgIpc) is 2.48. The molecule has 0 saturated carbocycles. The molecule has 80 valence electrons. The van der Waals surface area contributed by atoms with Gasteiger partial charge in [-0.2, -0.15) is 0 Å². The van der Waals surface area contributed by atoms with E-state index >= 15 is 0 Å². The van der Waals surface area contributed by atoms with Gasteiger partial charge in [-0.1, -0.05) is 30.2 Å². The molecule has 0 spiro atoms. The van der Waals surface area contributed by atoms with E-state index in [4.69, 9.17) is 0 Å². The second-order valence-corrected chi connectivity index (χ2v) is 4.64. The lowest BCUT2D eigenvalue weighted by Crippen LogP contribution is -2.23. The highest BCUT2D eigenvalue weighted by Crippen LogP contribution is 2.33. The molecule has 1 rings (SSSR count). The molecular formula is C13H22O. The first-order valence-electron chi connectivity index (χ1n) is 5.59. The minimum Gasteiger partial charge on any atom is -0.389 e. The van der Waals surface area contributed by atoms with Crippen LogP contribution >= 0.6 is 0 Å². The van der Waals surface area contributed by atoms with Gasteiger partial charge in [0.15, 0.2) is 0 Å². The van der Waals surface area contributed by atoms with Gasteiger partial charge in [-0.25, -0.2) is 0 Å². The van der Waals surface area contributed by atoms with Gasteiger partial charge in [-0.3, -0.25) is 0 Å². The van der Waals surface area contributed by atoms with Crippen molar-refractivity contribution < 1.29 is 5.11 Å². The summed E-state index contributed by atoms with van der Waals surface area (Å²) < 4.78 is 0. The van der Waals surface area contributed by atoms with Gasteiger partial charge in [0.05, 0.1) is 5.60 Å². The summed E-state index contributed by atoms with van der Waals surface area (Å²) in [4.78, 5) is 0. The van der Waals surface area contributed by atoms with Gasteiger partial charge >= 0.3 is 0 Å². The van der Waals surface area contributed by atoms with Crippen molar-refractivity contribution in [1.29, 1.82) is 0 Å². The number of allylic oxidation sites excluding steroid dienone is 2. The minimum absolute atomic E-state index is 0.416. The van der Waals surface area contributed by atoms with Gasteiger partial charge in [-0.05, 0) is 46.0 Å². The van der Waals surface area contributed by atoms with Crippen LogP contribution in [0.1, 0.15) is 52.9 Å². The van der Waals surface area contributed by atoms with Crippen molar-refractivity contribution in [3.63, 3.8) is 0 Å². The Bertz CT molecular complexity index is 246. The van der Waals surface area contributed by atoms with Crippen LogP contribution in [0, 0.1) is 0 Å². The Hall–Kier alpha value is -0.560. The van der Waals surface area contributed by atoms with Crippen molar-refractivity contribution >= 4 is 0 Å². The smallest absolute Gasteiger partial charge is 0.0716 e. The molecule has 1 heteroatoms. The lowest BCUT2D eigenvalue weighted by Gasteiger charge is -2.20. The molecule has 1 unspecified atom stereocenters. The second-order valence-electron chi connectivity index (χ2n) is 4.64. The summed E-state index contributed by atoms with van der Waals surface area (Å²) in [5.41, 5.74) is 2.40. The van der Waals surface area contributed by atoms with Crippen LogP contribution in [0.4, 0.5) is 0 Å². The molecule has 1 aliphatic carbocycles. The Kier molecular flexibility index (Phi) is 3.94. The van der Waals surface area contributed by atoms with Crippen molar-refractivity contribution in [2.45, 2.75) is 58.5 Å². The molecule has 0 aromatic heterocycles. The maximum Gasteiger partial charge on any atom is 0.0716 e. The minimum atomic E-state index is -0.416. The van der Waals surface area contributed by atoms with Crippen molar-refractivity contribution in [1.82, 2.24) is 0 Å². The van der Waals surface area contributed by atoms with Crippen molar-refractivity contribution in [2.75, 3.05) is 0 Å². The molecule has 0 aromatic carbocycles. The quantitative estimate of drug-likeness (QED) is 0.678. The molecule has 0 aromatic rings. The van der Waals surface area contributed by atoms with Gasteiger partial charge in [0, 0.05) is 0 Å². The molecule has 0 amide bonds. The Labute approximate surface area is 87.5 Å². The van der Waals surface area contributed by atoms with Crippen molar-refractivity contribution in [3.8, 4) is 0 Å². The highest BCUT2D eigenvalue weighted by Gasteiger charge is 2.29. The number of hydrogen-bond acceptors (Lipinski definition) is 1. The van der Waals surface area contributed by atoms with E-state index in [1.807, 2.05) is 0 Å². The third-order valence-corrected chi connectivity index (χ3v) is 3.00. The first kappa shape index (κ1) is 11.5. The molecule has 0 bridgehead atoms. The van der Waals surface area contributed by atoms with E-state index in [2.05, 4.69) is 32.9 Å². The third kappa shape index (κ3) is 3.30. The van der Waals surface area contributed by atoms with E-state index < -0.39 is 5.60 Å². The highest BCUT2D eigenvalue weighted by molar-refractivity contribution is 5.16. The van der Waals surface area contributed by atoms with Gasteiger partial charge in [0.1, 0.15) is 0 Å². The Balaban J connectivity index is 2.32. The first-order valence-corrected chi connectivity index (χ1v) is 5.59. The van der Waals surface area contributed by atoms with Crippen LogP contribution in [-0.2, 0) is 0 Å². The summed E-state index contributed by atoms with van der Waals surface area (Å²) in [5.74, 6) is 0. The fraction of sp³-hybridized carbons (Fsp3) is 0.692. The molecule has 0 fully saturated rings. The summed E-state index contributed by atoms with van der Waals surface area (Å²) in [6, 6.07) is 0. The number of aliphatic hydroxyl groups is 1. The van der Waals surface area contributed by atoms with Gasteiger partial charge in [0.2, 0.25) is 0 Å². The SMILES string of the molecule is CCC1(O)CC=C(CCC=C(C)C)C1. The summed E-state index contributed by atoms with van der Waals surface area (Å²) in [6.45, 7) is 6.32. The molecule has 14 heavy (non-hydrogen) atoms. The Morgan fingerprint density at radius 1 is 1.57 bits per heavy atom. The largest absolute Gasteiger partial charge is 0.389 e. The third-order valence-electron chi connectivity index (χ3n) is 3.00. The second kappa shape index (κ2) is 4.79. The van der Waals surface area contributed by atoms with Crippen molar-refractivity contribution in [3.05, 3.63) is 23.3 Å². The predicted octanol–water partition coefficient (Wildman–Crippen LogP) is 3.59. The lowest BCUT2D eigenvalue weighted by molar-refractivity contribution is 0.0479. The summed E-state index contributed by atoms with van der Waals surface area (Å²) in [6.07, 6.45) is 9.34. The zero-order chi connectivity index (χ0) is 10.6. The van der Waals surface area contributed by atoms with Crippen LogP contribution in [0.15, 0.2) is 23.3 Å². The number of hydrogen-bond donors (Lipinski definition) is 1. The zero-order valence-electron chi connectivity index (χ0n) is 9.64. The Morgan fingerprint density at radius 2 is 2.29 bits per heavy atom. The summed E-state index contributed by atoms with van der Waals surface area (Å²) >= 11 is 0. The zero-order valence-corrected chi connectivity index (χ0v) is 9.64. The maximum absolute atomic E-state index is 10.0. The summed E-state index contributed by atoms with van der Waals surface area (Å²) in [7, 11) is 0. The van der Waals surface area contributed by atoms with Crippen molar-refractivity contribution in [2.24, 2.45) is 0 Å². The van der Waals surface area contributed by atoms with Crippen LogP contribution in [0.2, 0.25) is 0 Å². The van der Waals surface area contributed by atoms with E-state index in [-0.39, 0.29) is 0 Å². The standard InChI is InChI=1S/C13H22O/c1-4-13(14)9-8-12(10-13)7-5-6-11(2)3/h6,8,14H,4-5,7,9-10H2,1-3H3. The molecular weight excluding hydrogens is 172 g/mol. The molecule has 0 saturated heterocycles. The van der Waals surface area contributed by atoms with Gasteiger partial charge in [-0.15, -0.1) is 0 Å². The normalized spacial score (nSPS) is 26.1. The molecule has 0 radical (unpaired) electrons. The molecule has 1 aliphatic rings. The molecule has 0 aliphatic heterocycles. The topological polar surface area (TPSA) is 20.2 Å². The van der Waals surface area contributed by atoms with Crippen LogP contribution < -0.4 is 0 Å². The first-order chi connectivity index (χ1) is 6.56. The van der Waals surface area contributed by atoms with Crippen LogP contribution in [0.5, 0.6) is 0 Å². The Morgan fingerprint density at radius 3 is 2.79 bits per heavy atom. The van der Waals surface area contributed by atoms with Gasteiger partial charge in [0.25, 0.3) is 0 Å². The number of rotatable bonds is 4. The highest BCUT2D eigenvalue weighted by atomic mass is 16.3. The van der Waals surface area contributed by atoms with Gasteiger partial charge < -0.3 is 5.11 Å². The molecule has 1 atom stereocenters. The van der Waals surface area contributed by atoms with E-state index in [9.17, 15) is 5.11 Å². The average molecular weight is 194 g/mol. The maximum atomic E-state index is 10.0. The summed E-state index contributed by atoms with van der Waals surface area (Å²) in [5, 5.41) is 10.0. The van der Waals surface area contributed by atoms with Crippen LogP contribution in [0.25, 0.3) is 0 Å². The lowest BCUT2D eigenvalue weighted by atomic mass is 9.95. The van der Waals surface area contributed by atoms with Crippen LogP contribution in [-0.4, -0.2) is 10.7 Å². The van der Waals surface area contributed by atoms with E-state index in [1.54, 1.807) is 0 Å². The molecule has 1 N–H and O–H groups in total. The fourth-order valence-corrected chi connectivity index (χ4v) is 1.91.